The van der Waals surface area contributed by atoms with Crippen LogP contribution in [-0.4, -0.2) is 35.7 Å². The molecule has 0 aromatic heterocycles. The molecular formula is C21H22ClN3O3. The lowest BCUT2D eigenvalue weighted by atomic mass is 10.1. The van der Waals surface area contributed by atoms with E-state index in [1.807, 2.05) is 31.2 Å². The smallest absolute Gasteiger partial charge is 0.243 e. The number of benzene rings is 2. The molecule has 146 valence electrons. The van der Waals surface area contributed by atoms with Gasteiger partial charge in [0.05, 0.1) is 12.5 Å². The minimum Gasteiger partial charge on any atom is -0.347 e. The SMILES string of the molecule is Cc1ccc(CN2CC(C(=O)NCC(=O)Nc3ccc(Cl)cc3)CC2=O)cc1. The number of likely N-dealkylation sites (tertiary alicyclic amines) is 1. The summed E-state index contributed by atoms with van der Waals surface area (Å²) in [5.41, 5.74) is 2.79. The predicted octanol–water partition coefficient (Wildman–Crippen LogP) is 2.75. The summed E-state index contributed by atoms with van der Waals surface area (Å²) >= 11 is 5.80. The van der Waals surface area contributed by atoms with Crippen molar-refractivity contribution in [2.45, 2.75) is 19.9 Å². The molecule has 1 aliphatic rings. The third-order valence-electron chi connectivity index (χ3n) is 4.63. The molecule has 3 rings (SSSR count). The number of aryl methyl sites for hydroxylation is 1. The Morgan fingerprint density at radius 1 is 1.11 bits per heavy atom. The maximum atomic E-state index is 12.3. The second-order valence-electron chi connectivity index (χ2n) is 6.93. The molecule has 1 unspecified atom stereocenters. The van der Waals surface area contributed by atoms with Gasteiger partial charge in [0.2, 0.25) is 17.7 Å². The molecule has 1 atom stereocenters. The van der Waals surface area contributed by atoms with Crippen molar-refractivity contribution >= 4 is 35.0 Å². The van der Waals surface area contributed by atoms with Gasteiger partial charge in [0, 0.05) is 30.2 Å². The van der Waals surface area contributed by atoms with Gasteiger partial charge in [-0.05, 0) is 36.8 Å². The lowest BCUT2D eigenvalue weighted by Crippen LogP contribution is -2.37. The van der Waals surface area contributed by atoms with Crippen LogP contribution in [0.5, 0.6) is 0 Å². The molecule has 1 fully saturated rings. The summed E-state index contributed by atoms with van der Waals surface area (Å²) < 4.78 is 0. The first kappa shape index (κ1) is 19.9. The zero-order chi connectivity index (χ0) is 20.1. The van der Waals surface area contributed by atoms with Gasteiger partial charge >= 0.3 is 0 Å². The van der Waals surface area contributed by atoms with Gasteiger partial charge in [0.15, 0.2) is 0 Å². The molecule has 2 N–H and O–H groups in total. The van der Waals surface area contributed by atoms with Gasteiger partial charge in [-0.25, -0.2) is 0 Å². The number of nitrogens with zero attached hydrogens (tertiary/aromatic N) is 1. The van der Waals surface area contributed by atoms with Crippen LogP contribution in [0, 0.1) is 12.8 Å². The highest BCUT2D eigenvalue weighted by atomic mass is 35.5. The highest BCUT2D eigenvalue weighted by molar-refractivity contribution is 6.30. The standard InChI is InChI=1S/C21H22ClN3O3/c1-14-2-4-15(5-3-14)12-25-13-16(10-20(25)27)21(28)23-11-19(26)24-18-8-6-17(22)7-9-18/h2-9,16H,10-13H2,1H3,(H,23,28)(H,24,26). The van der Waals surface area contributed by atoms with Crippen molar-refractivity contribution in [3.05, 3.63) is 64.7 Å². The van der Waals surface area contributed by atoms with Crippen LogP contribution in [0.25, 0.3) is 0 Å². The molecule has 0 spiro atoms. The molecule has 0 radical (unpaired) electrons. The lowest BCUT2D eigenvalue weighted by Gasteiger charge is -2.17. The Hall–Kier alpha value is -2.86. The van der Waals surface area contributed by atoms with Crippen LogP contribution in [0.4, 0.5) is 5.69 Å². The van der Waals surface area contributed by atoms with Crippen LogP contribution in [0.1, 0.15) is 17.5 Å². The van der Waals surface area contributed by atoms with Gasteiger partial charge in [-0.2, -0.15) is 0 Å². The van der Waals surface area contributed by atoms with E-state index < -0.39 is 5.92 Å². The molecule has 3 amide bonds. The van der Waals surface area contributed by atoms with Gasteiger partial charge in [-0.3, -0.25) is 14.4 Å². The van der Waals surface area contributed by atoms with E-state index in [2.05, 4.69) is 10.6 Å². The number of carbonyl (C=O) groups excluding carboxylic acids is 3. The Kier molecular flexibility index (Phi) is 6.31. The average molecular weight is 400 g/mol. The van der Waals surface area contributed by atoms with E-state index in [-0.39, 0.29) is 30.7 Å². The van der Waals surface area contributed by atoms with E-state index in [9.17, 15) is 14.4 Å². The lowest BCUT2D eigenvalue weighted by molar-refractivity contribution is -0.129. The molecule has 1 saturated heterocycles. The van der Waals surface area contributed by atoms with Crippen molar-refractivity contribution in [3.63, 3.8) is 0 Å². The second-order valence-corrected chi connectivity index (χ2v) is 7.37. The molecule has 0 bridgehead atoms. The zero-order valence-electron chi connectivity index (χ0n) is 15.6. The second kappa shape index (κ2) is 8.89. The molecule has 0 saturated carbocycles. The Morgan fingerprint density at radius 2 is 1.79 bits per heavy atom. The third kappa shape index (κ3) is 5.33. The van der Waals surface area contributed by atoms with Gasteiger partial charge in [-0.1, -0.05) is 41.4 Å². The fourth-order valence-electron chi connectivity index (χ4n) is 3.06. The minimum atomic E-state index is -0.443. The Morgan fingerprint density at radius 3 is 2.46 bits per heavy atom. The van der Waals surface area contributed by atoms with Crippen LogP contribution in [0.15, 0.2) is 48.5 Å². The number of halogens is 1. The first-order chi connectivity index (χ1) is 13.4. The number of nitrogens with one attached hydrogen (secondary N) is 2. The monoisotopic (exact) mass is 399 g/mol. The van der Waals surface area contributed by atoms with Crippen LogP contribution in [-0.2, 0) is 20.9 Å². The molecule has 2 aromatic carbocycles. The van der Waals surface area contributed by atoms with Crippen molar-refractivity contribution in [2.24, 2.45) is 5.92 Å². The third-order valence-corrected chi connectivity index (χ3v) is 4.88. The summed E-state index contributed by atoms with van der Waals surface area (Å²) in [5.74, 6) is -1.12. The topological polar surface area (TPSA) is 78.5 Å². The normalized spacial score (nSPS) is 16.1. The maximum Gasteiger partial charge on any atom is 0.243 e. The largest absolute Gasteiger partial charge is 0.347 e. The van der Waals surface area contributed by atoms with Gasteiger partial charge < -0.3 is 15.5 Å². The number of carbonyl (C=O) groups is 3. The van der Waals surface area contributed by atoms with Crippen LogP contribution >= 0.6 is 11.6 Å². The van der Waals surface area contributed by atoms with Gasteiger partial charge in [-0.15, -0.1) is 0 Å². The van der Waals surface area contributed by atoms with E-state index in [0.29, 0.717) is 23.8 Å². The molecule has 28 heavy (non-hydrogen) atoms. The Bertz CT molecular complexity index is 865. The number of rotatable bonds is 6. The molecule has 1 heterocycles. The summed E-state index contributed by atoms with van der Waals surface area (Å²) in [5, 5.41) is 5.87. The molecule has 6 nitrogen and oxygen atoms in total. The maximum absolute atomic E-state index is 12.3. The summed E-state index contributed by atoms with van der Waals surface area (Å²) in [6.45, 7) is 2.70. The van der Waals surface area contributed by atoms with E-state index in [1.54, 1.807) is 29.2 Å². The molecule has 0 aliphatic carbocycles. The molecule has 2 aromatic rings. The van der Waals surface area contributed by atoms with E-state index in [1.165, 1.54) is 0 Å². The summed E-state index contributed by atoms with van der Waals surface area (Å²) in [6, 6.07) is 14.7. The van der Waals surface area contributed by atoms with Crippen molar-refractivity contribution < 1.29 is 14.4 Å². The fourth-order valence-corrected chi connectivity index (χ4v) is 3.19. The van der Waals surface area contributed by atoms with Gasteiger partial charge in [0.25, 0.3) is 0 Å². The van der Waals surface area contributed by atoms with Crippen LogP contribution in [0.3, 0.4) is 0 Å². The first-order valence-corrected chi connectivity index (χ1v) is 9.45. The van der Waals surface area contributed by atoms with E-state index in [0.717, 1.165) is 11.1 Å². The van der Waals surface area contributed by atoms with Crippen molar-refractivity contribution in [1.29, 1.82) is 0 Å². The van der Waals surface area contributed by atoms with Crippen molar-refractivity contribution in [1.82, 2.24) is 10.2 Å². The Labute approximate surface area is 168 Å². The summed E-state index contributed by atoms with van der Waals surface area (Å²) in [4.78, 5) is 38.2. The minimum absolute atomic E-state index is 0.0497. The molecule has 1 aliphatic heterocycles. The zero-order valence-corrected chi connectivity index (χ0v) is 16.3. The quantitative estimate of drug-likeness (QED) is 0.784. The van der Waals surface area contributed by atoms with E-state index in [4.69, 9.17) is 11.6 Å². The average Bonchev–Trinajstić information content (AvgIpc) is 3.04. The predicted molar refractivity (Wildman–Crippen MR) is 108 cm³/mol. The highest BCUT2D eigenvalue weighted by Crippen LogP contribution is 2.20. The number of hydrogen-bond acceptors (Lipinski definition) is 3. The summed E-state index contributed by atoms with van der Waals surface area (Å²) in [7, 11) is 0. The number of hydrogen-bond donors (Lipinski definition) is 2. The fraction of sp³-hybridized carbons (Fsp3) is 0.286. The van der Waals surface area contributed by atoms with Crippen molar-refractivity contribution in [3.8, 4) is 0 Å². The molecular weight excluding hydrogens is 378 g/mol. The van der Waals surface area contributed by atoms with Crippen LogP contribution < -0.4 is 10.6 Å². The molecule has 7 heteroatoms. The summed E-state index contributed by atoms with van der Waals surface area (Å²) in [6.07, 6.45) is 0.163. The number of amides is 3. The Balaban J connectivity index is 1.46. The van der Waals surface area contributed by atoms with Crippen molar-refractivity contribution in [2.75, 3.05) is 18.4 Å². The number of anilines is 1. The van der Waals surface area contributed by atoms with E-state index >= 15 is 0 Å². The highest BCUT2D eigenvalue weighted by Gasteiger charge is 2.34. The van der Waals surface area contributed by atoms with Crippen LogP contribution in [0.2, 0.25) is 5.02 Å². The van der Waals surface area contributed by atoms with Gasteiger partial charge in [0.1, 0.15) is 0 Å². The first-order valence-electron chi connectivity index (χ1n) is 9.07.